The third-order valence-corrected chi connectivity index (χ3v) is 3.95. The van der Waals surface area contributed by atoms with Crippen molar-refractivity contribution in [3.63, 3.8) is 0 Å². The normalized spacial score (nSPS) is 10.5. The fraction of sp³-hybridized carbons (Fsp3) is 0.263. The zero-order valence-corrected chi connectivity index (χ0v) is 16.5. The zero-order valence-electron chi connectivity index (χ0n) is 15.0. The summed E-state index contributed by atoms with van der Waals surface area (Å²) in [4.78, 5) is 23.6. The smallest absolute Gasteiger partial charge is 0.387 e. The Morgan fingerprint density at radius 2 is 1.83 bits per heavy atom. The van der Waals surface area contributed by atoms with Gasteiger partial charge in [-0.3, -0.25) is 9.59 Å². The first-order valence-electron chi connectivity index (χ1n) is 8.42. The molecule has 0 radical (unpaired) electrons. The maximum atomic E-state index is 12.4. The van der Waals surface area contributed by atoms with E-state index in [-0.39, 0.29) is 24.5 Å². The van der Waals surface area contributed by atoms with Gasteiger partial charge in [-0.1, -0.05) is 35.3 Å². The third kappa shape index (κ3) is 8.13. The molecule has 0 saturated heterocycles. The Morgan fingerprint density at radius 3 is 2.55 bits per heavy atom. The highest BCUT2D eigenvalue weighted by atomic mass is 35.5. The molecule has 156 valence electrons. The molecule has 2 rings (SSSR count). The summed E-state index contributed by atoms with van der Waals surface area (Å²) in [6, 6.07) is 10.5. The number of carbonyl (C=O) groups is 2. The van der Waals surface area contributed by atoms with E-state index in [2.05, 4.69) is 10.1 Å². The molecule has 1 amide bonds. The number of rotatable bonds is 10. The van der Waals surface area contributed by atoms with Crippen LogP contribution in [-0.4, -0.2) is 31.7 Å². The van der Waals surface area contributed by atoms with Crippen molar-refractivity contribution in [3.05, 3.63) is 52.5 Å². The number of hydrogen-bond acceptors (Lipinski definition) is 5. The minimum atomic E-state index is -3.03. The molecule has 10 heteroatoms. The van der Waals surface area contributed by atoms with Gasteiger partial charge in [0.05, 0.1) is 17.3 Å². The molecule has 0 aromatic heterocycles. The lowest BCUT2D eigenvalue weighted by Crippen LogP contribution is -2.21. The van der Waals surface area contributed by atoms with Gasteiger partial charge in [-0.05, 0) is 36.8 Å². The largest absolute Gasteiger partial charge is 0.492 e. The van der Waals surface area contributed by atoms with Gasteiger partial charge in [0.1, 0.15) is 11.5 Å². The molecule has 0 unspecified atom stereocenters. The van der Waals surface area contributed by atoms with Crippen molar-refractivity contribution < 1.29 is 32.6 Å². The lowest BCUT2D eigenvalue weighted by Gasteiger charge is -2.12. The van der Waals surface area contributed by atoms with Crippen LogP contribution in [-0.2, 0) is 14.3 Å². The molecule has 0 atom stereocenters. The van der Waals surface area contributed by atoms with Crippen LogP contribution >= 0.6 is 23.2 Å². The van der Waals surface area contributed by atoms with Gasteiger partial charge in [-0.2, -0.15) is 8.78 Å². The van der Waals surface area contributed by atoms with Crippen LogP contribution in [0.25, 0.3) is 0 Å². The first kappa shape index (κ1) is 22.7. The summed E-state index contributed by atoms with van der Waals surface area (Å²) < 4.78 is 39.3. The van der Waals surface area contributed by atoms with E-state index in [4.69, 9.17) is 32.7 Å². The van der Waals surface area contributed by atoms with Crippen LogP contribution in [0.15, 0.2) is 42.5 Å². The molecule has 6 nitrogen and oxygen atoms in total. The first-order valence-corrected chi connectivity index (χ1v) is 9.18. The minimum Gasteiger partial charge on any atom is -0.492 e. The Balaban J connectivity index is 1.69. The van der Waals surface area contributed by atoms with E-state index in [0.29, 0.717) is 22.2 Å². The molecular formula is C19H17Cl2F2NO5. The first-order chi connectivity index (χ1) is 13.8. The number of halogens is 4. The molecule has 0 saturated carbocycles. The highest BCUT2D eigenvalue weighted by Gasteiger charge is 2.13. The van der Waals surface area contributed by atoms with Crippen LogP contribution in [0.2, 0.25) is 10.0 Å². The van der Waals surface area contributed by atoms with Gasteiger partial charge in [0.25, 0.3) is 5.91 Å². The van der Waals surface area contributed by atoms with E-state index in [0.717, 1.165) is 0 Å². The zero-order chi connectivity index (χ0) is 21.2. The van der Waals surface area contributed by atoms with E-state index in [1.54, 1.807) is 12.1 Å². The van der Waals surface area contributed by atoms with Gasteiger partial charge in [0.2, 0.25) is 0 Å². The predicted octanol–water partition coefficient (Wildman–Crippen LogP) is 4.94. The van der Waals surface area contributed by atoms with Gasteiger partial charge >= 0.3 is 12.6 Å². The van der Waals surface area contributed by atoms with Crippen LogP contribution in [0.1, 0.15) is 12.8 Å². The number of nitrogens with one attached hydrogen (secondary N) is 1. The van der Waals surface area contributed by atoms with Crippen molar-refractivity contribution in [1.82, 2.24) is 0 Å². The van der Waals surface area contributed by atoms with Crippen molar-refractivity contribution in [1.29, 1.82) is 0 Å². The predicted molar refractivity (Wildman–Crippen MR) is 104 cm³/mol. The Morgan fingerprint density at radius 1 is 1.07 bits per heavy atom. The summed E-state index contributed by atoms with van der Waals surface area (Å²) in [7, 11) is 0. The average Bonchev–Trinajstić information content (AvgIpc) is 2.66. The molecule has 0 fully saturated rings. The van der Waals surface area contributed by atoms with Crippen molar-refractivity contribution in [2.45, 2.75) is 19.5 Å². The fourth-order valence-corrected chi connectivity index (χ4v) is 2.63. The van der Waals surface area contributed by atoms with Crippen LogP contribution in [0.3, 0.4) is 0 Å². The number of hydrogen-bond donors (Lipinski definition) is 1. The Hall–Kier alpha value is -2.58. The number of carbonyl (C=O) groups excluding carboxylic acids is 2. The van der Waals surface area contributed by atoms with Gasteiger partial charge < -0.3 is 19.5 Å². The fourth-order valence-electron chi connectivity index (χ4n) is 2.16. The monoisotopic (exact) mass is 447 g/mol. The second kappa shape index (κ2) is 11.4. The van der Waals surface area contributed by atoms with Crippen molar-refractivity contribution in [2.75, 3.05) is 18.5 Å². The van der Waals surface area contributed by atoms with Crippen LogP contribution < -0.4 is 14.8 Å². The number of esters is 1. The SMILES string of the molecule is O=C(COC(=O)CCCOc1ccc(Cl)cc1Cl)Nc1ccccc1OC(F)F. The van der Waals surface area contributed by atoms with E-state index in [1.807, 2.05) is 0 Å². The maximum Gasteiger partial charge on any atom is 0.387 e. The molecule has 0 bridgehead atoms. The number of anilines is 1. The van der Waals surface area contributed by atoms with E-state index >= 15 is 0 Å². The summed E-state index contributed by atoms with van der Waals surface area (Å²) in [6.07, 6.45) is 0.355. The number of alkyl halides is 2. The molecule has 2 aromatic rings. The lowest BCUT2D eigenvalue weighted by atomic mass is 10.3. The van der Waals surface area contributed by atoms with E-state index in [9.17, 15) is 18.4 Å². The van der Waals surface area contributed by atoms with Gasteiger partial charge in [-0.15, -0.1) is 0 Å². The highest BCUT2D eigenvalue weighted by Crippen LogP contribution is 2.27. The summed E-state index contributed by atoms with van der Waals surface area (Å²) in [5.41, 5.74) is 0.0436. The lowest BCUT2D eigenvalue weighted by molar-refractivity contribution is -0.147. The summed E-state index contributed by atoms with van der Waals surface area (Å²) in [5.74, 6) is -1.05. The van der Waals surface area contributed by atoms with Gasteiger partial charge in [0, 0.05) is 11.4 Å². The standard InChI is InChI=1S/C19H17Cl2F2NO5/c20-12-7-8-15(13(21)10-12)27-9-3-6-18(26)28-11-17(25)24-14-4-1-2-5-16(14)29-19(22)23/h1-2,4-5,7-8,10,19H,3,6,9,11H2,(H,24,25). The molecular weight excluding hydrogens is 431 g/mol. The van der Waals surface area contributed by atoms with E-state index < -0.39 is 25.1 Å². The van der Waals surface area contributed by atoms with Crippen LogP contribution in [0.4, 0.5) is 14.5 Å². The molecule has 0 heterocycles. The third-order valence-electron chi connectivity index (χ3n) is 3.42. The molecule has 29 heavy (non-hydrogen) atoms. The van der Waals surface area contributed by atoms with Gasteiger partial charge in [-0.25, -0.2) is 0 Å². The summed E-state index contributed by atoms with van der Waals surface area (Å²) in [5, 5.41) is 3.18. The van der Waals surface area contributed by atoms with Gasteiger partial charge in [0.15, 0.2) is 6.61 Å². The van der Waals surface area contributed by atoms with Crippen LogP contribution in [0.5, 0.6) is 11.5 Å². The Labute approximate surface area is 175 Å². The average molecular weight is 448 g/mol. The van der Waals surface area contributed by atoms with E-state index in [1.165, 1.54) is 30.3 Å². The van der Waals surface area contributed by atoms with Crippen LogP contribution in [0, 0.1) is 0 Å². The number of amides is 1. The molecule has 0 aliphatic heterocycles. The molecule has 0 aliphatic rings. The Kier molecular flexibility index (Phi) is 8.95. The molecule has 0 aliphatic carbocycles. The molecule has 1 N–H and O–H groups in total. The van der Waals surface area contributed by atoms with Crippen molar-refractivity contribution in [2.24, 2.45) is 0 Å². The quantitative estimate of drug-likeness (QED) is 0.412. The van der Waals surface area contributed by atoms with Crippen molar-refractivity contribution >= 4 is 40.8 Å². The number of para-hydroxylation sites is 2. The topological polar surface area (TPSA) is 73.9 Å². The second-order valence-electron chi connectivity index (χ2n) is 5.61. The van der Waals surface area contributed by atoms with Crippen molar-refractivity contribution in [3.8, 4) is 11.5 Å². The maximum absolute atomic E-state index is 12.4. The second-order valence-corrected chi connectivity index (χ2v) is 6.45. The number of ether oxygens (including phenoxy) is 3. The minimum absolute atomic E-state index is 0.0174. The number of benzene rings is 2. The Bertz CT molecular complexity index is 851. The molecule has 2 aromatic carbocycles. The summed E-state index contributed by atoms with van der Waals surface area (Å²) >= 11 is 11.8. The highest BCUT2D eigenvalue weighted by molar-refractivity contribution is 6.35. The summed E-state index contributed by atoms with van der Waals surface area (Å²) in [6.45, 7) is -3.39. The molecule has 0 spiro atoms.